The minimum atomic E-state index is -0.378. The average molecular weight is 599 g/mol. The van der Waals surface area contributed by atoms with Gasteiger partial charge < -0.3 is 0 Å². The van der Waals surface area contributed by atoms with Crippen LogP contribution in [0.5, 0.6) is 0 Å². The van der Waals surface area contributed by atoms with E-state index in [4.69, 9.17) is 0 Å². The molecule has 1 spiro atoms. The van der Waals surface area contributed by atoms with Crippen LogP contribution >= 0.6 is 11.8 Å². The molecule has 0 radical (unpaired) electrons. The number of hydrogen-bond donors (Lipinski definition) is 0. The van der Waals surface area contributed by atoms with Gasteiger partial charge in [0.25, 0.3) is 0 Å². The molecular weight excluding hydrogens is 573 g/mol. The molecule has 0 saturated carbocycles. The van der Waals surface area contributed by atoms with Crippen molar-refractivity contribution >= 4 is 33.3 Å². The van der Waals surface area contributed by atoms with Crippen molar-refractivity contribution in [2.24, 2.45) is 0 Å². The second-order valence-corrected chi connectivity index (χ2v) is 13.8. The molecule has 0 fully saturated rings. The Balaban J connectivity index is 1.27. The molecule has 0 saturated heterocycles. The molecule has 212 valence electrons. The fourth-order valence-corrected chi connectivity index (χ4v) is 10.2. The summed E-state index contributed by atoms with van der Waals surface area (Å²) < 4.78 is 0. The van der Waals surface area contributed by atoms with E-state index in [-0.39, 0.29) is 5.41 Å². The van der Waals surface area contributed by atoms with Crippen molar-refractivity contribution in [3.63, 3.8) is 0 Å². The lowest BCUT2D eigenvalue weighted by molar-refractivity contribution is 0.794. The van der Waals surface area contributed by atoms with Crippen molar-refractivity contribution in [1.29, 1.82) is 0 Å². The number of hydrogen-bond acceptors (Lipinski definition) is 1. The zero-order valence-electron chi connectivity index (χ0n) is 24.9. The Labute approximate surface area is 272 Å². The van der Waals surface area contributed by atoms with Gasteiger partial charge in [-0.25, -0.2) is 0 Å². The summed E-state index contributed by atoms with van der Waals surface area (Å²) in [7, 11) is 0. The van der Waals surface area contributed by atoms with Gasteiger partial charge >= 0.3 is 0 Å². The van der Waals surface area contributed by atoms with Crippen LogP contribution in [-0.4, -0.2) is 0 Å². The first-order valence-corrected chi connectivity index (χ1v) is 16.8. The monoisotopic (exact) mass is 598 g/mol. The maximum absolute atomic E-state index is 2.41. The molecule has 8 aromatic carbocycles. The topological polar surface area (TPSA) is 0 Å². The van der Waals surface area contributed by atoms with Crippen LogP contribution in [0.3, 0.4) is 0 Å². The largest absolute Gasteiger partial charge is 0.0881 e. The third-order valence-corrected chi connectivity index (χ3v) is 11.9. The van der Waals surface area contributed by atoms with E-state index in [1.807, 2.05) is 11.8 Å². The summed E-state index contributed by atoms with van der Waals surface area (Å²) in [6.45, 7) is 0. The predicted octanol–water partition coefficient (Wildman–Crippen LogP) is 12.1. The van der Waals surface area contributed by atoms with Crippen molar-refractivity contribution < 1.29 is 0 Å². The first-order chi connectivity index (χ1) is 22.8. The predicted molar refractivity (Wildman–Crippen MR) is 193 cm³/mol. The van der Waals surface area contributed by atoms with Gasteiger partial charge in [0.1, 0.15) is 0 Å². The summed E-state index contributed by atoms with van der Waals surface area (Å²) in [5.74, 6) is 0. The van der Waals surface area contributed by atoms with E-state index in [0.29, 0.717) is 0 Å². The highest BCUT2D eigenvalue weighted by atomic mass is 32.2. The van der Waals surface area contributed by atoms with Gasteiger partial charge in [-0.3, -0.25) is 0 Å². The van der Waals surface area contributed by atoms with E-state index in [2.05, 4.69) is 158 Å². The van der Waals surface area contributed by atoms with Gasteiger partial charge in [0.2, 0.25) is 0 Å². The summed E-state index contributed by atoms with van der Waals surface area (Å²) in [4.78, 5) is 2.68. The van der Waals surface area contributed by atoms with Gasteiger partial charge in [-0.15, -0.1) is 0 Å². The number of benzene rings is 8. The summed E-state index contributed by atoms with van der Waals surface area (Å²) in [6.07, 6.45) is 0. The summed E-state index contributed by atoms with van der Waals surface area (Å²) in [6, 6.07) is 59.3. The Morgan fingerprint density at radius 1 is 0.348 bits per heavy atom. The third kappa shape index (κ3) is 2.93. The van der Waals surface area contributed by atoms with E-state index in [9.17, 15) is 0 Å². The van der Waals surface area contributed by atoms with Crippen molar-refractivity contribution in [3.8, 4) is 44.5 Å². The first-order valence-electron chi connectivity index (χ1n) is 16.0. The van der Waals surface area contributed by atoms with E-state index < -0.39 is 0 Å². The van der Waals surface area contributed by atoms with Crippen LogP contribution in [0.25, 0.3) is 66.1 Å². The van der Waals surface area contributed by atoms with E-state index in [1.54, 1.807) is 0 Å². The zero-order chi connectivity index (χ0) is 30.0. The zero-order valence-corrected chi connectivity index (χ0v) is 25.7. The molecule has 8 aromatic rings. The summed E-state index contributed by atoms with van der Waals surface area (Å²) in [5, 5.41) is 5.28. The smallest absolute Gasteiger partial charge is 0.0725 e. The minimum Gasteiger partial charge on any atom is -0.0881 e. The SMILES string of the molecule is c1ccc2c(c1)Sc1c(-c3cccc4c3-c3ccccc3C43c4ccccc4-c4c3ccc3ccccc43)ccc3cccc-2c13. The molecular formula is C45H26S. The maximum Gasteiger partial charge on any atom is 0.0725 e. The van der Waals surface area contributed by atoms with Crippen molar-refractivity contribution in [3.05, 3.63) is 180 Å². The minimum absolute atomic E-state index is 0.378. The van der Waals surface area contributed by atoms with Crippen molar-refractivity contribution in [1.82, 2.24) is 0 Å². The van der Waals surface area contributed by atoms with Crippen LogP contribution in [0.4, 0.5) is 0 Å². The van der Waals surface area contributed by atoms with Crippen LogP contribution in [0, 0.1) is 0 Å². The van der Waals surface area contributed by atoms with Gasteiger partial charge in [-0.05, 0) is 89.0 Å². The molecule has 0 N–H and O–H groups in total. The van der Waals surface area contributed by atoms with E-state index >= 15 is 0 Å². The molecule has 2 aliphatic carbocycles. The molecule has 0 nitrogen and oxygen atoms in total. The Hall–Kier alpha value is -5.37. The van der Waals surface area contributed by atoms with Crippen LogP contribution in [-0.2, 0) is 5.41 Å². The number of rotatable bonds is 1. The Morgan fingerprint density at radius 3 is 1.80 bits per heavy atom. The quantitative estimate of drug-likeness (QED) is 0.181. The van der Waals surface area contributed by atoms with Crippen LogP contribution < -0.4 is 0 Å². The third-order valence-electron chi connectivity index (χ3n) is 10.7. The van der Waals surface area contributed by atoms with Gasteiger partial charge in [0.05, 0.1) is 5.41 Å². The van der Waals surface area contributed by atoms with Gasteiger partial charge in [0, 0.05) is 15.2 Å². The fourth-order valence-electron chi connectivity index (χ4n) is 8.96. The lowest BCUT2D eigenvalue weighted by atomic mass is 9.70. The second-order valence-electron chi connectivity index (χ2n) is 12.7. The van der Waals surface area contributed by atoms with Gasteiger partial charge in [-0.2, -0.15) is 0 Å². The Morgan fingerprint density at radius 2 is 0.935 bits per heavy atom. The lowest BCUT2D eigenvalue weighted by Crippen LogP contribution is -2.25. The summed E-state index contributed by atoms with van der Waals surface area (Å²) in [5.41, 5.74) is 15.9. The van der Waals surface area contributed by atoms with Crippen LogP contribution in [0.2, 0.25) is 0 Å². The summed E-state index contributed by atoms with van der Waals surface area (Å²) >= 11 is 1.93. The standard InChI is InChI=1S/C45H26S/c1-2-13-29-27(11-1)24-26-39-42(29)34-15-3-6-19-36(34)45(39)37-20-7-4-16-35(37)43-32(18-10-21-38(43)45)33-25-23-28-12-9-17-31-30-14-5-8-22-40(30)46-44(33)41(28)31/h1-26H. The van der Waals surface area contributed by atoms with Gasteiger partial charge in [-0.1, -0.05) is 163 Å². The molecule has 46 heavy (non-hydrogen) atoms. The van der Waals surface area contributed by atoms with E-state index in [1.165, 1.54) is 98.1 Å². The normalized spacial score (nSPS) is 16.3. The molecule has 3 aliphatic rings. The van der Waals surface area contributed by atoms with E-state index in [0.717, 1.165) is 0 Å². The van der Waals surface area contributed by atoms with Crippen LogP contribution in [0.1, 0.15) is 22.3 Å². The molecule has 11 rings (SSSR count). The fraction of sp³-hybridized carbons (Fsp3) is 0.0222. The van der Waals surface area contributed by atoms with Crippen molar-refractivity contribution in [2.45, 2.75) is 15.2 Å². The lowest BCUT2D eigenvalue weighted by Gasteiger charge is -2.30. The van der Waals surface area contributed by atoms with Crippen molar-refractivity contribution in [2.75, 3.05) is 0 Å². The molecule has 0 aromatic heterocycles. The Bertz CT molecular complexity index is 2630. The first kappa shape index (κ1) is 24.9. The molecule has 1 heteroatoms. The second kappa shape index (κ2) is 8.88. The highest BCUT2D eigenvalue weighted by Crippen LogP contribution is 2.65. The molecule has 1 atom stereocenters. The van der Waals surface area contributed by atoms with Gasteiger partial charge in [0.15, 0.2) is 0 Å². The average Bonchev–Trinajstić information content (AvgIpc) is 3.60. The maximum atomic E-state index is 2.41. The highest BCUT2D eigenvalue weighted by molar-refractivity contribution is 8.00. The molecule has 1 aliphatic heterocycles. The molecule has 1 unspecified atom stereocenters. The number of fused-ring (bicyclic) bond motifs is 14. The molecule has 0 bridgehead atoms. The van der Waals surface area contributed by atoms with Crippen LogP contribution in [0.15, 0.2) is 168 Å². The molecule has 1 heterocycles. The Kier molecular flexibility index (Phi) is 4.80. The highest BCUT2D eigenvalue weighted by Gasteiger charge is 2.52. The molecule has 0 amide bonds.